The van der Waals surface area contributed by atoms with Gasteiger partial charge in [0.1, 0.15) is 0 Å². The second-order valence-electron chi connectivity index (χ2n) is 5.81. The van der Waals surface area contributed by atoms with Crippen LogP contribution < -0.4 is 11.1 Å². The number of amides is 2. The molecule has 6 heteroatoms. The van der Waals surface area contributed by atoms with Crippen molar-refractivity contribution in [2.24, 2.45) is 5.73 Å². The van der Waals surface area contributed by atoms with Crippen LogP contribution in [0.4, 0.5) is 0 Å². The van der Waals surface area contributed by atoms with E-state index in [9.17, 15) is 9.59 Å². The van der Waals surface area contributed by atoms with Crippen molar-refractivity contribution in [3.63, 3.8) is 0 Å². The number of hydrogen-bond acceptors (Lipinski definition) is 4. The summed E-state index contributed by atoms with van der Waals surface area (Å²) >= 11 is 1.30. The number of rotatable bonds is 5. The Morgan fingerprint density at radius 1 is 1.29 bits per heavy atom. The van der Waals surface area contributed by atoms with E-state index in [1.807, 2.05) is 23.6 Å². The molecular formula is C18H20N2O3S. The van der Waals surface area contributed by atoms with Crippen molar-refractivity contribution in [3.05, 3.63) is 46.2 Å². The fraction of sp³-hybridized carbons (Fsp3) is 0.333. The number of nitrogens with one attached hydrogen (secondary N) is 1. The van der Waals surface area contributed by atoms with Crippen LogP contribution in [0.25, 0.3) is 11.1 Å². The highest BCUT2D eigenvalue weighted by molar-refractivity contribution is 7.12. The topological polar surface area (TPSA) is 81.4 Å². The SMILES string of the molecule is NC(=O)c1sccc1-c1cccc(C(=O)NCC2CCCCO2)c1. The summed E-state index contributed by atoms with van der Waals surface area (Å²) in [6.07, 6.45) is 3.32. The number of primary amides is 1. The minimum atomic E-state index is -0.454. The zero-order chi connectivity index (χ0) is 16.9. The Balaban J connectivity index is 1.71. The molecule has 0 spiro atoms. The molecule has 1 aromatic heterocycles. The van der Waals surface area contributed by atoms with Gasteiger partial charge in [-0.05, 0) is 48.4 Å². The molecule has 1 aliphatic heterocycles. The largest absolute Gasteiger partial charge is 0.376 e. The summed E-state index contributed by atoms with van der Waals surface area (Å²) < 4.78 is 5.62. The summed E-state index contributed by atoms with van der Waals surface area (Å²) in [5.74, 6) is -0.592. The lowest BCUT2D eigenvalue weighted by atomic mass is 10.0. The van der Waals surface area contributed by atoms with Gasteiger partial charge in [-0.3, -0.25) is 9.59 Å². The molecule has 2 heterocycles. The van der Waals surface area contributed by atoms with E-state index in [0.29, 0.717) is 17.0 Å². The van der Waals surface area contributed by atoms with Gasteiger partial charge in [-0.25, -0.2) is 0 Å². The molecule has 0 aliphatic carbocycles. The highest BCUT2D eigenvalue weighted by Crippen LogP contribution is 2.28. The van der Waals surface area contributed by atoms with Crippen molar-refractivity contribution in [1.29, 1.82) is 0 Å². The summed E-state index contributed by atoms with van der Waals surface area (Å²) in [6.45, 7) is 1.29. The van der Waals surface area contributed by atoms with Crippen LogP contribution in [0.3, 0.4) is 0 Å². The summed E-state index contributed by atoms with van der Waals surface area (Å²) in [7, 11) is 0. The Hall–Kier alpha value is -2.18. The Kier molecular flexibility index (Phi) is 5.27. The number of ether oxygens (including phenoxy) is 1. The molecule has 3 rings (SSSR count). The van der Waals surface area contributed by atoms with Crippen LogP contribution in [0.15, 0.2) is 35.7 Å². The van der Waals surface area contributed by atoms with Crippen LogP contribution in [0, 0.1) is 0 Å². The monoisotopic (exact) mass is 344 g/mol. The second-order valence-corrected chi connectivity index (χ2v) is 6.72. The van der Waals surface area contributed by atoms with Gasteiger partial charge in [0, 0.05) is 24.3 Å². The van der Waals surface area contributed by atoms with Gasteiger partial charge in [0.2, 0.25) is 0 Å². The van der Waals surface area contributed by atoms with E-state index in [1.54, 1.807) is 12.1 Å². The smallest absolute Gasteiger partial charge is 0.259 e. The van der Waals surface area contributed by atoms with Gasteiger partial charge in [-0.1, -0.05) is 12.1 Å². The zero-order valence-electron chi connectivity index (χ0n) is 13.3. The quantitative estimate of drug-likeness (QED) is 0.875. The van der Waals surface area contributed by atoms with Gasteiger partial charge in [0.05, 0.1) is 11.0 Å². The molecule has 2 aromatic rings. The molecule has 1 unspecified atom stereocenters. The van der Waals surface area contributed by atoms with Crippen LogP contribution in [-0.4, -0.2) is 31.1 Å². The maximum Gasteiger partial charge on any atom is 0.259 e. The lowest BCUT2D eigenvalue weighted by Gasteiger charge is -2.22. The lowest BCUT2D eigenvalue weighted by Crippen LogP contribution is -2.35. The molecule has 1 aliphatic rings. The summed E-state index contributed by atoms with van der Waals surface area (Å²) in [6, 6.07) is 9.07. The van der Waals surface area contributed by atoms with E-state index in [0.717, 1.165) is 37.0 Å². The maximum absolute atomic E-state index is 12.4. The van der Waals surface area contributed by atoms with Crippen molar-refractivity contribution in [2.75, 3.05) is 13.2 Å². The molecule has 24 heavy (non-hydrogen) atoms. The van der Waals surface area contributed by atoms with Gasteiger partial charge >= 0.3 is 0 Å². The third-order valence-electron chi connectivity index (χ3n) is 4.09. The van der Waals surface area contributed by atoms with Crippen LogP contribution >= 0.6 is 11.3 Å². The molecule has 126 valence electrons. The molecule has 1 saturated heterocycles. The van der Waals surface area contributed by atoms with Crippen LogP contribution in [0.5, 0.6) is 0 Å². The highest BCUT2D eigenvalue weighted by atomic mass is 32.1. The molecule has 1 atom stereocenters. The van der Waals surface area contributed by atoms with Gasteiger partial charge < -0.3 is 15.8 Å². The van der Waals surface area contributed by atoms with E-state index >= 15 is 0 Å². The van der Waals surface area contributed by atoms with Crippen LogP contribution in [-0.2, 0) is 4.74 Å². The van der Waals surface area contributed by atoms with E-state index in [2.05, 4.69) is 5.32 Å². The number of nitrogens with two attached hydrogens (primary N) is 1. The predicted octanol–water partition coefficient (Wildman–Crippen LogP) is 2.81. The average molecular weight is 344 g/mol. The fourth-order valence-electron chi connectivity index (χ4n) is 2.83. The van der Waals surface area contributed by atoms with Crippen molar-refractivity contribution >= 4 is 23.2 Å². The molecule has 2 amide bonds. The number of carbonyl (C=O) groups is 2. The Bertz CT molecular complexity index is 735. The first-order valence-corrected chi connectivity index (χ1v) is 8.90. The van der Waals surface area contributed by atoms with E-state index < -0.39 is 5.91 Å². The molecule has 3 N–H and O–H groups in total. The molecule has 0 radical (unpaired) electrons. The van der Waals surface area contributed by atoms with E-state index in [1.165, 1.54) is 11.3 Å². The van der Waals surface area contributed by atoms with Crippen molar-refractivity contribution in [2.45, 2.75) is 25.4 Å². The molecule has 1 fully saturated rings. The Morgan fingerprint density at radius 3 is 2.92 bits per heavy atom. The third kappa shape index (κ3) is 3.83. The normalized spacial score (nSPS) is 17.4. The number of hydrogen-bond donors (Lipinski definition) is 2. The first-order valence-electron chi connectivity index (χ1n) is 8.02. The summed E-state index contributed by atoms with van der Waals surface area (Å²) in [5, 5.41) is 4.75. The Labute approximate surface area is 144 Å². The molecule has 0 bridgehead atoms. The van der Waals surface area contributed by atoms with Crippen molar-refractivity contribution in [1.82, 2.24) is 5.32 Å². The molecule has 0 saturated carbocycles. The minimum Gasteiger partial charge on any atom is -0.376 e. The standard InChI is InChI=1S/C18H20N2O3S/c19-17(21)16-15(7-9-24-16)12-4-3-5-13(10-12)18(22)20-11-14-6-1-2-8-23-14/h3-5,7,9-10,14H,1-2,6,8,11H2,(H2,19,21)(H,20,22). The number of thiophene rings is 1. The van der Waals surface area contributed by atoms with E-state index in [-0.39, 0.29) is 12.0 Å². The average Bonchev–Trinajstić information content (AvgIpc) is 3.11. The molecule has 5 nitrogen and oxygen atoms in total. The second kappa shape index (κ2) is 7.59. The van der Waals surface area contributed by atoms with Gasteiger partial charge in [0.25, 0.3) is 11.8 Å². The van der Waals surface area contributed by atoms with Gasteiger partial charge in [0.15, 0.2) is 0 Å². The highest BCUT2D eigenvalue weighted by Gasteiger charge is 2.16. The van der Waals surface area contributed by atoms with Crippen LogP contribution in [0.1, 0.15) is 39.3 Å². The first-order chi connectivity index (χ1) is 11.6. The lowest BCUT2D eigenvalue weighted by molar-refractivity contribution is 0.0169. The minimum absolute atomic E-state index is 0.101. The van der Waals surface area contributed by atoms with Crippen molar-refractivity contribution < 1.29 is 14.3 Å². The van der Waals surface area contributed by atoms with Crippen molar-refractivity contribution in [3.8, 4) is 11.1 Å². The third-order valence-corrected chi connectivity index (χ3v) is 5.02. The number of carbonyl (C=O) groups excluding carboxylic acids is 2. The van der Waals surface area contributed by atoms with E-state index in [4.69, 9.17) is 10.5 Å². The summed E-state index contributed by atoms with van der Waals surface area (Å²) in [5.41, 5.74) is 7.54. The molecule has 1 aromatic carbocycles. The predicted molar refractivity (Wildman–Crippen MR) is 94.2 cm³/mol. The summed E-state index contributed by atoms with van der Waals surface area (Å²) in [4.78, 5) is 24.4. The molecular weight excluding hydrogens is 324 g/mol. The van der Waals surface area contributed by atoms with Crippen LogP contribution in [0.2, 0.25) is 0 Å². The zero-order valence-corrected chi connectivity index (χ0v) is 14.1. The first kappa shape index (κ1) is 16.7. The Morgan fingerprint density at radius 2 is 2.17 bits per heavy atom. The van der Waals surface area contributed by atoms with Gasteiger partial charge in [-0.2, -0.15) is 0 Å². The fourth-order valence-corrected chi connectivity index (χ4v) is 3.60. The number of benzene rings is 1. The van der Waals surface area contributed by atoms with Gasteiger partial charge in [-0.15, -0.1) is 11.3 Å². The maximum atomic E-state index is 12.4.